The summed E-state index contributed by atoms with van der Waals surface area (Å²) in [5.41, 5.74) is 7.14. The van der Waals surface area contributed by atoms with Crippen molar-refractivity contribution in [3.05, 3.63) is 34.3 Å². The van der Waals surface area contributed by atoms with Crippen LogP contribution in [-0.2, 0) is 0 Å². The molecule has 1 rings (SSSR count). The number of halogens is 1. The first-order chi connectivity index (χ1) is 7.69. The van der Waals surface area contributed by atoms with E-state index < -0.39 is 0 Å². The van der Waals surface area contributed by atoms with E-state index in [1.54, 1.807) is 0 Å². The summed E-state index contributed by atoms with van der Waals surface area (Å²) >= 11 is 5.36. The first kappa shape index (κ1) is 14.0. The van der Waals surface area contributed by atoms with Crippen LogP contribution < -0.4 is 5.73 Å². The molecule has 0 radical (unpaired) electrons. The number of likely N-dealkylation sites (N-methyl/N-ethyl adjacent to an activating group) is 1. The molecule has 90 valence electrons. The average Bonchev–Trinajstić information content (AvgIpc) is 2.27. The van der Waals surface area contributed by atoms with Gasteiger partial charge >= 0.3 is 0 Å². The zero-order valence-electron chi connectivity index (χ0n) is 9.82. The lowest BCUT2D eigenvalue weighted by atomic mass is 10.1. The van der Waals surface area contributed by atoms with Crippen LogP contribution in [0.2, 0.25) is 0 Å². The molecular formula is C12H19BrN2S. The van der Waals surface area contributed by atoms with Gasteiger partial charge in [0.25, 0.3) is 0 Å². The molecule has 2 N–H and O–H groups in total. The molecule has 0 saturated carbocycles. The molecular weight excluding hydrogens is 284 g/mol. The van der Waals surface area contributed by atoms with E-state index in [4.69, 9.17) is 5.73 Å². The van der Waals surface area contributed by atoms with Crippen LogP contribution in [-0.4, -0.2) is 37.0 Å². The van der Waals surface area contributed by atoms with Gasteiger partial charge in [-0.3, -0.25) is 4.90 Å². The van der Waals surface area contributed by atoms with Crippen molar-refractivity contribution in [3.8, 4) is 0 Å². The minimum Gasteiger partial charge on any atom is -0.329 e. The third kappa shape index (κ3) is 4.09. The number of nitrogens with two attached hydrogens (primary N) is 1. The zero-order chi connectivity index (χ0) is 12.0. The van der Waals surface area contributed by atoms with Gasteiger partial charge in [-0.2, -0.15) is 11.8 Å². The van der Waals surface area contributed by atoms with E-state index in [-0.39, 0.29) is 0 Å². The molecule has 0 bridgehead atoms. The van der Waals surface area contributed by atoms with Crippen LogP contribution in [0.5, 0.6) is 0 Å². The van der Waals surface area contributed by atoms with E-state index >= 15 is 0 Å². The third-order valence-electron chi connectivity index (χ3n) is 2.64. The Bertz CT molecular complexity index is 320. The summed E-state index contributed by atoms with van der Waals surface area (Å²) in [6.45, 7) is 1.72. The van der Waals surface area contributed by atoms with Crippen molar-refractivity contribution in [1.82, 2.24) is 4.90 Å². The van der Waals surface area contributed by atoms with Crippen molar-refractivity contribution in [3.63, 3.8) is 0 Å². The predicted molar refractivity (Wildman–Crippen MR) is 76.9 cm³/mol. The summed E-state index contributed by atoms with van der Waals surface area (Å²) < 4.78 is 1.11. The molecule has 0 fully saturated rings. The second-order valence-corrected chi connectivity index (χ2v) is 5.68. The smallest absolute Gasteiger partial charge is 0.0468 e. The fourth-order valence-corrected chi connectivity index (χ4v) is 2.56. The SMILES string of the molecule is CSCCN(C)C(CN)c1cccc(Br)c1. The van der Waals surface area contributed by atoms with Gasteiger partial charge in [0.2, 0.25) is 0 Å². The molecule has 1 unspecified atom stereocenters. The van der Waals surface area contributed by atoms with Crippen LogP contribution in [0.15, 0.2) is 28.7 Å². The maximum absolute atomic E-state index is 5.86. The first-order valence-electron chi connectivity index (χ1n) is 5.33. The second kappa shape index (κ2) is 7.33. The molecule has 0 amide bonds. The highest BCUT2D eigenvalue weighted by atomic mass is 79.9. The molecule has 1 aromatic rings. The Morgan fingerprint density at radius 3 is 2.81 bits per heavy atom. The topological polar surface area (TPSA) is 29.3 Å². The normalized spacial score (nSPS) is 13.1. The molecule has 1 atom stereocenters. The monoisotopic (exact) mass is 302 g/mol. The van der Waals surface area contributed by atoms with Crippen LogP contribution in [0.3, 0.4) is 0 Å². The van der Waals surface area contributed by atoms with Crippen molar-refractivity contribution in [1.29, 1.82) is 0 Å². The summed E-state index contributed by atoms with van der Waals surface area (Å²) in [7, 11) is 2.13. The molecule has 0 aliphatic heterocycles. The van der Waals surface area contributed by atoms with Gasteiger partial charge in [0.05, 0.1) is 0 Å². The fraction of sp³-hybridized carbons (Fsp3) is 0.500. The summed E-state index contributed by atoms with van der Waals surface area (Å²) in [5.74, 6) is 1.14. The van der Waals surface area contributed by atoms with Crippen molar-refractivity contribution in [2.24, 2.45) is 5.73 Å². The van der Waals surface area contributed by atoms with Crippen LogP contribution in [0.1, 0.15) is 11.6 Å². The highest BCUT2D eigenvalue weighted by molar-refractivity contribution is 9.10. The van der Waals surface area contributed by atoms with E-state index in [1.165, 1.54) is 5.56 Å². The Hall–Kier alpha value is -0.0300. The van der Waals surface area contributed by atoms with Crippen LogP contribution in [0, 0.1) is 0 Å². The summed E-state index contributed by atoms with van der Waals surface area (Å²) in [6, 6.07) is 8.69. The van der Waals surface area contributed by atoms with Crippen molar-refractivity contribution in [2.45, 2.75) is 6.04 Å². The number of thioether (sulfide) groups is 1. The number of nitrogens with zero attached hydrogens (tertiary/aromatic N) is 1. The number of hydrogen-bond donors (Lipinski definition) is 1. The van der Waals surface area contributed by atoms with Gasteiger partial charge in [-0.25, -0.2) is 0 Å². The lowest BCUT2D eigenvalue weighted by Crippen LogP contribution is -2.32. The molecule has 0 aromatic heterocycles. The maximum Gasteiger partial charge on any atom is 0.0468 e. The van der Waals surface area contributed by atoms with Gasteiger partial charge in [0.1, 0.15) is 0 Å². The third-order valence-corrected chi connectivity index (χ3v) is 3.72. The van der Waals surface area contributed by atoms with Gasteiger partial charge in [-0.15, -0.1) is 0 Å². The Balaban J connectivity index is 2.73. The molecule has 2 nitrogen and oxygen atoms in total. The molecule has 1 aromatic carbocycles. The van der Waals surface area contributed by atoms with Crippen molar-refractivity contribution < 1.29 is 0 Å². The molecule has 0 aliphatic carbocycles. The Labute approximate surface area is 111 Å². The maximum atomic E-state index is 5.86. The molecule has 16 heavy (non-hydrogen) atoms. The van der Waals surface area contributed by atoms with E-state index in [0.29, 0.717) is 12.6 Å². The lowest BCUT2D eigenvalue weighted by Gasteiger charge is -2.27. The lowest BCUT2D eigenvalue weighted by molar-refractivity contribution is 0.265. The van der Waals surface area contributed by atoms with E-state index in [9.17, 15) is 0 Å². The molecule has 0 heterocycles. The van der Waals surface area contributed by atoms with Gasteiger partial charge in [-0.1, -0.05) is 28.1 Å². The van der Waals surface area contributed by atoms with E-state index in [0.717, 1.165) is 16.8 Å². The van der Waals surface area contributed by atoms with Crippen molar-refractivity contribution >= 4 is 27.7 Å². The van der Waals surface area contributed by atoms with Crippen molar-refractivity contribution in [2.75, 3.05) is 32.1 Å². The van der Waals surface area contributed by atoms with Gasteiger partial charge < -0.3 is 5.73 Å². The average molecular weight is 303 g/mol. The molecule has 0 spiro atoms. The predicted octanol–water partition coefficient (Wildman–Crippen LogP) is 2.74. The second-order valence-electron chi connectivity index (χ2n) is 3.78. The van der Waals surface area contributed by atoms with E-state index in [1.807, 2.05) is 17.8 Å². The molecule has 0 aliphatic rings. The molecule has 0 saturated heterocycles. The summed E-state index contributed by atoms with van der Waals surface area (Å²) in [6.07, 6.45) is 2.13. The Morgan fingerprint density at radius 1 is 1.50 bits per heavy atom. The largest absolute Gasteiger partial charge is 0.329 e. The highest BCUT2D eigenvalue weighted by Crippen LogP contribution is 2.21. The van der Waals surface area contributed by atoms with E-state index in [2.05, 4.69) is 52.3 Å². The fourth-order valence-electron chi connectivity index (χ4n) is 1.68. The Morgan fingerprint density at radius 2 is 2.25 bits per heavy atom. The molecule has 4 heteroatoms. The zero-order valence-corrected chi connectivity index (χ0v) is 12.2. The van der Waals surface area contributed by atoms with Gasteiger partial charge in [0, 0.05) is 29.4 Å². The van der Waals surface area contributed by atoms with Crippen LogP contribution in [0.25, 0.3) is 0 Å². The summed E-state index contributed by atoms with van der Waals surface area (Å²) in [5, 5.41) is 0. The van der Waals surface area contributed by atoms with Gasteiger partial charge in [-0.05, 0) is 31.0 Å². The minimum atomic E-state index is 0.310. The first-order valence-corrected chi connectivity index (χ1v) is 7.52. The van der Waals surface area contributed by atoms with Crippen LogP contribution in [0.4, 0.5) is 0 Å². The minimum absolute atomic E-state index is 0.310. The number of rotatable bonds is 6. The number of hydrogen-bond acceptors (Lipinski definition) is 3. The standard InChI is InChI=1S/C12H19BrN2S/c1-15(6-7-16-2)12(9-14)10-4-3-5-11(13)8-10/h3-5,8,12H,6-7,9,14H2,1-2H3. The Kier molecular flexibility index (Phi) is 6.43. The highest BCUT2D eigenvalue weighted by Gasteiger charge is 2.14. The number of benzene rings is 1. The van der Waals surface area contributed by atoms with Crippen LogP contribution >= 0.6 is 27.7 Å². The quantitative estimate of drug-likeness (QED) is 0.876. The summed E-state index contributed by atoms with van der Waals surface area (Å²) in [4.78, 5) is 2.32. The van der Waals surface area contributed by atoms with Gasteiger partial charge in [0.15, 0.2) is 0 Å².